The van der Waals surface area contributed by atoms with Crippen LogP contribution in [-0.4, -0.2) is 83.2 Å². The van der Waals surface area contributed by atoms with E-state index in [-0.39, 0.29) is 9.79 Å². The number of aryl methyl sites for hydroxylation is 2. The number of esters is 2. The first-order valence-corrected chi connectivity index (χ1v) is 17.2. The van der Waals surface area contributed by atoms with Crippen LogP contribution in [0, 0.1) is 13.8 Å². The molecule has 4 unspecified atom stereocenters. The van der Waals surface area contributed by atoms with Crippen LogP contribution in [-0.2, 0) is 58.2 Å². The van der Waals surface area contributed by atoms with Crippen LogP contribution in [0.4, 0.5) is 14.4 Å². The smallest absolute Gasteiger partial charge is 0.422 e. The summed E-state index contributed by atoms with van der Waals surface area (Å²) in [5, 5.41) is 3.37. The van der Waals surface area contributed by atoms with Gasteiger partial charge in [0.25, 0.3) is 31.9 Å². The summed E-state index contributed by atoms with van der Waals surface area (Å²) in [6, 6.07) is 9.50. The van der Waals surface area contributed by atoms with Gasteiger partial charge in [-0.25, -0.2) is 50.3 Å². The van der Waals surface area contributed by atoms with Crippen molar-refractivity contribution in [3.63, 3.8) is 0 Å². The lowest BCUT2D eigenvalue weighted by Gasteiger charge is -2.18. The van der Waals surface area contributed by atoms with Crippen molar-refractivity contribution in [2.45, 2.75) is 75.7 Å². The van der Waals surface area contributed by atoms with E-state index >= 15 is 0 Å². The Hall–Kier alpha value is -5.57. The number of rotatable bonds is 12. The standard InChI is InChI=1S/C29H34N4O15S2/c1-15-7-11-21(12-8-15)49(41,42)32-28(39)47-19(5)25(36)45-17(3)23(34)30-27(38)31-24(35)18(4)46-26(37)20(6)48-29(40)33-50(43,44)22-13-9-16(2)10-14-22/h7-14,17-20H,1-6H3,(H,32,39)(H,33,40)(H2,30,31,34,35,38). The van der Waals surface area contributed by atoms with Crippen LogP contribution >= 0.6 is 0 Å². The number of hydrogen-bond acceptors (Lipinski definition) is 15. The fraction of sp³-hybridized carbons (Fsp3) is 0.345. The second kappa shape index (κ2) is 17.2. The SMILES string of the molecule is Cc1ccc(S(=O)(=O)NC(=O)OC(C)C(=O)OC(C)C(=O)NC(=O)NC(=O)C(C)OC(=O)C(C)OC(=O)NS(=O)(=O)c2ccc(C)cc2)cc1. The molecule has 0 fully saturated rings. The molecule has 0 aliphatic carbocycles. The lowest BCUT2D eigenvalue weighted by Crippen LogP contribution is -2.50. The fourth-order valence-corrected chi connectivity index (χ4v) is 5.10. The summed E-state index contributed by atoms with van der Waals surface area (Å²) in [6.45, 7) is 7.51. The zero-order valence-corrected chi connectivity index (χ0v) is 29.0. The minimum atomic E-state index is -4.33. The molecule has 0 spiro atoms. The van der Waals surface area contributed by atoms with Crippen molar-refractivity contribution in [2.75, 3.05) is 0 Å². The lowest BCUT2D eigenvalue weighted by molar-refractivity contribution is -0.162. The number of hydrogen-bond donors (Lipinski definition) is 4. The average Bonchev–Trinajstić information content (AvgIpc) is 3.00. The molecular formula is C29H34N4O15S2. The molecule has 2 aromatic carbocycles. The highest BCUT2D eigenvalue weighted by atomic mass is 32.2. The first kappa shape index (κ1) is 40.6. The van der Waals surface area contributed by atoms with Gasteiger partial charge in [-0.15, -0.1) is 0 Å². The number of amides is 6. The third-order valence-corrected chi connectivity index (χ3v) is 8.78. The van der Waals surface area contributed by atoms with Gasteiger partial charge >= 0.3 is 30.2 Å². The van der Waals surface area contributed by atoms with Gasteiger partial charge in [-0.05, 0) is 65.8 Å². The maximum atomic E-state index is 12.3. The molecule has 0 bridgehead atoms. The largest absolute Gasteiger partial charge is 0.450 e. The van der Waals surface area contributed by atoms with Crippen molar-refractivity contribution in [2.24, 2.45) is 0 Å². The molecule has 2 aromatic rings. The topological polar surface area (TPSA) is 273 Å². The van der Waals surface area contributed by atoms with Crippen LogP contribution in [0.3, 0.4) is 0 Å². The molecule has 2 rings (SSSR count). The fourth-order valence-electron chi connectivity index (χ4n) is 3.34. The predicted molar refractivity (Wildman–Crippen MR) is 168 cm³/mol. The Morgan fingerprint density at radius 3 is 1.10 bits per heavy atom. The maximum Gasteiger partial charge on any atom is 0.422 e. The molecule has 4 N–H and O–H groups in total. The van der Waals surface area contributed by atoms with Gasteiger partial charge in [0.2, 0.25) is 0 Å². The van der Waals surface area contributed by atoms with Gasteiger partial charge in [0.05, 0.1) is 9.79 Å². The van der Waals surface area contributed by atoms with Gasteiger partial charge in [-0.2, -0.15) is 0 Å². The first-order valence-electron chi connectivity index (χ1n) is 14.3. The molecule has 6 amide bonds. The molecule has 0 aliphatic rings. The molecule has 0 aromatic heterocycles. The Morgan fingerprint density at radius 2 is 0.800 bits per heavy atom. The quantitative estimate of drug-likeness (QED) is 0.173. The summed E-state index contributed by atoms with van der Waals surface area (Å²) in [5.74, 6) is -5.10. The van der Waals surface area contributed by atoms with Gasteiger partial charge in [0, 0.05) is 0 Å². The van der Waals surface area contributed by atoms with E-state index in [1.807, 2.05) is 0 Å². The number of nitrogens with one attached hydrogen (secondary N) is 4. The molecule has 50 heavy (non-hydrogen) atoms. The van der Waals surface area contributed by atoms with E-state index in [4.69, 9.17) is 9.47 Å². The second-order valence-corrected chi connectivity index (χ2v) is 13.8. The maximum absolute atomic E-state index is 12.3. The van der Waals surface area contributed by atoms with Gasteiger partial charge in [0.15, 0.2) is 24.4 Å². The highest BCUT2D eigenvalue weighted by Gasteiger charge is 2.30. The van der Waals surface area contributed by atoms with Gasteiger partial charge in [-0.1, -0.05) is 35.4 Å². The van der Waals surface area contributed by atoms with Crippen LogP contribution in [0.25, 0.3) is 0 Å². The lowest BCUT2D eigenvalue weighted by atomic mass is 10.2. The Kier molecular flexibility index (Phi) is 14.0. The zero-order valence-electron chi connectivity index (χ0n) is 27.4. The van der Waals surface area contributed by atoms with Crippen LogP contribution in [0.15, 0.2) is 58.3 Å². The number of imide groups is 2. The Balaban J connectivity index is 1.79. The molecular weight excluding hydrogens is 708 g/mol. The summed E-state index contributed by atoms with van der Waals surface area (Å²) in [4.78, 5) is 84.8. The monoisotopic (exact) mass is 742 g/mol. The van der Waals surface area contributed by atoms with E-state index in [1.54, 1.807) is 33.9 Å². The van der Waals surface area contributed by atoms with Crippen LogP contribution in [0.1, 0.15) is 38.8 Å². The molecule has 0 saturated carbocycles. The van der Waals surface area contributed by atoms with Gasteiger partial charge in [0.1, 0.15) is 0 Å². The van der Waals surface area contributed by atoms with E-state index in [9.17, 15) is 50.4 Å². The first-order chi connectivity index (χ1) is 23.1. The van der Waals surface area contributed by atoms with Crippen molar-refractivity contribution in [3.05, 3.63) is 59.7 Å². The molecule has 0 heterocycles. The van der Waals surface area contributed by atoms with Crippen LogP contribution < -0.4 is 20.1 Å². The van der Waals surface area contributed by atoms with Crippen LogP contribution in [0.2, 0.25) is 0 Å². The number of benzene rings is 2. The van der Waals surface area contributed by atoms with Crippen LogP contribution in [0.5, 0.6) is 0 Å². The average molecular weight is 743 g/mol. The Labute approximate surface area is 286 Å². The van der Waals surface area contributed by atoms with Crippen molar-refractivity contribution in [1.82, 2.24) is 20.1 Å². The number of ether oxygens (including phenoxy) is 4. The minimum Gasteiger partial charge on any atom is -0.450 e. The van der Waals surface area contributed by atoms with Crippen molar-refractivity contribution >= 4 is 62.0 Å². The summed E-state index contributed by atoms with van der Waals surface area (Å²) in [6.07, 6.45) is -9.84. The molecule has 0 radical (unpaired) electrons. The van der Waals surface area contributed by atoms with Crippen molar-refractivity contribution in [1.29, 1.82) is 0 Å². The van der Waals surface area contributed by atoms with E-state index in [0.717, 1.165) is 38.8 Å². The number of carbonyl (C=O) groups excluding carboxylic acids is 7. The highest BCUT2D eigenvalue weighted by molar-refractivity contribution is 7.90. The summed E-state index contributed by atoms with van der Waals surface area (Å²) in [7, 11) is -8.66. The molecule has 4 atom stereocenters. The van der Waals surface area contributed by atoms with E-state index < -0.39 is 86.4 Å². The summed E-state index contributed by atoms with van der Waals surface area (Å²) < 4.78 is 71.4. The number of urea groups is 1. The van der Waals surface area contributed by atoms with E-state index in [1.165, 1.54) is 48.5 Å². The number of carbonyl (C=O) groups is 7. The van der Waals surface area contributed by atoms with Gasteiger partial charge in [-0.3, -0.25) is 20.2 Å². The van der Waals surface area contributed by atoms with Gasteiger partial charge < -0.3 is 18.9 Å². The van der Waals surface area contributed by atoms with E-state index in [0.29, 0.717) is 0 Å². The molecule has 0 saturated heterocycles. The highest BCUT2D eigenvalue weighted by Crippen LogP contribution is 2.12. The second-order valence-electron chi connectivity index (χ2n) is 10.4. The Morgan fingerprint density at radius 1 is 0.500 bits per heavy atom. The molecule has 272 valence electrons. The Bertz CT molecular complexity index is 1710. The molecule has 0 aliphatic heterocycles. The summed E-state index contributed by atoms with van der Waals surface area (Å²) in [5.41, 5.74) is 1.53. The molecule has 19 nitrogen and oxygen atoms in total. The minimum absolute atomic E-state index is 0.248. The number of sulfonamides is 2. The van der Waals surface area contributed by atoms with Crippen molar-refractivity contribution < 1.29 is 69.3 Å². The van der Waals surface area contributed by atoms with Crippen molar-refractivity contribution in [3.8, 4) is 0 Å². The third kappa shape index (κ3) is 12.5. The normalized spacial score (nSPS) is 13.6. The summed E-state index contributed by atoms with van der Waals surface area (Å²) >= 11 is 0. The third-order valence-electron chi connectivity index (χ3n) is 6.13. The zero-order chi connectivity index (χ0) is 38.0. The molecule has 21 heteroatoms. The predicted octanol–water partition coefficient (Wildman–Crippen LogP) is 0.826. The van der Waals surface area contributed by atoms with E-state index in [2.05, 4.69) is 9.47 Å².